The Balaban J connectivity index is 0.00000195. The molecule has 1 amide bonds. The van der Waals surface area contributed by atoms with Crippen LogP contribution in [0.4, 0.5) is 0 Å². The van der Waals surface area contributed by atoms with Gasteiger partial charge in [-0.05, 0) is 63.1 Å². The molecule has 0 unspecified atom stereocenters. The van der Waals surface area contributed by atoms with E-state index in [1.807, 2.05) is 74.7 Å². The number of carbonyl (C=O) groups is 2. The van der Waals surface area contributed by atoms with Gasteiger partial charge in [-0.15, -0.1) is 11.3 Å². The minimum atomic E-state index is -0.892. The molecule has 0 atom stereocenters. The Morgan fingerprint density at radius 2 is 1.71 bits per heavy atom. The molecule has 0 saturated heterocycles. The van der Waals surface area contributed by atoms with Crippen molar-refractivity contribution >= 4 is 35.8 Å². The van der Waals surface area contributed by atoms with Gasteiger partial charge in [-0.25, -0.2) is 4.98 Å². The van der Waals surface area contributed by atoms with Gasteiger partial charge in [0.15, 0.2) is 0 Å². The number of thiol groups is 1. The Morgan fingerprint density at radius 3 is 2.34 bits per heavy atom. The Kier molecular flexibility index (Phi) is 10.4. The van der Waals surface area contributed by atoms with Crippen molar-refractivity contribution in [1.29, 1.82) is 0 Å². The number of aliphatic hydroxyl groups is 1. The summed E-state index contributed by atoms with van der Waals surface area (Å²) in [6, 6.07) is 15.5. The van der Waals surface area contributed by atoms with Crippen LogP contribution < -0.4 is 10.1 Å². The normalized spacial score (nSPS) is 13.6. The zero-order valence-electron chi connectivity index (χ0n) is 22.3. The average Bonchev–Trinajstić information content (AvgIpc) is 3.51. The van der Waals surface area contributed by atoms with Gasteiger partial charge in [-0.1, -0.05) is 36.4 Å². The predicted molar refractivity (Wildman–Crippen MR) is 154 cm³/mol. The topological polar surface area (TPSA) is 97.8 Å². The minimum absolute atomic E-state index is 0.0173. The van der Waals surface area contributed by atoms with E-state index in [9.17, 15) is 9.59 Å². The third-order valence-corrected chi connectivity index (χ3v) is 6.87. The molecule has 1 heterocycles. The molecular formula is C29H36N2O5S2. The van der Waals surface area contributed by atoms with Crippen LogP contribution in [0.5, 0.6) is 5.75 Å². The number of nitrogens with zero attached hydrogens (tertiary/aromatic N) is 1. The zero-order valence-corrected chi connectivity index (χ0v) is 24.0. The van der Waals surface area contributed by atoms with E-state index in [4.69, 9.17) is 14.6 Å². The van der Waals surface area contributed by atoms with Gasteiger partial charge in [0.1, 0.15) is 23.0 Å². The zero-order chi connectivity index (χ0) is 27.8. The molecule has 1 aliphatic carbocycles. The molecule has 0 spiro atoms. The van der Waals surface area contributed by atoms with E-state index in [0.717, 1.165) is 27.4 Å². The van der Waals surface area contributed by atoms with E-state index in [-0.39, 0.29) is 38.1 Å². The van der Waals surface area contributed by atoms with Crippen molar-refractivity contribution < 1.29 is 24.2 Å². The standard InChI is InChI=1S/C28H32N2O5S.CH4S/c1-27(2,3)35-25(32)16-28(14-19-8-4-5-9-20(19)15-28)26(33)29-17-24-30-22(18-36-24)21-10-6-7-11-23(21)34-13-12-31;1-2/h4-11,18,31H,12-17H2,1-3H3,(H,29,33);2H,1H3. The van der Waals surface area contributed by atoms with Gasteiger partial charge in [0.25, 0.3) is 0 Å². The van der Waals surface area contributed by atoms with Crippen LogP contribution in [0.25, 0.3) is 11.3 Å². The minimum Gasteiger partial charge on any atom is -0.490 e. The lowest BCUT2D eigenvalue weighted by Gasteiger charge is -2.29. The fourth-order valence-corrected chi connectivity index (χ4v) is 5.27. The molecule has 1 aliphatic rings. The molecule has 0 radical (unpaired) electrons. The number of carbonyl (C=O) groups excluding carboxylic acids is 2. The van der Waals surface area contributed by atoms with Gasteiger partial charge < -0.3 is 19.9 Å². The summed E-state index contributed by atoms with van der Waals surface area (Å²) in [5.41, 5.74) is 2.24. The van der Waals surface area contributed by atoms with Gasteiger partial charge in [0, 0.05) is 10.9 Å². The van der Waals surface area contributed by atoms with Crippen LogP contribution in [0.1, 0.15) is 43.3 Å². The fourth-order valence-electron chi connectivity index (χ4n) is 4.53. The molecule has 38 heavy (non-hydrogen) atoms. The molecule has 0 saturated carbocycles. The number of aromatic nitrogens is 1. The first-order valence-electron chi connectivity index (χ1n) is 12.5. The number of thiazole rings is 1. The summed E-state index contributed by atoms with van der Waals surface area (Å²) in [6.07, 6.45) is 2.70. The van der Waals surface area contributed by atoms with Crippen LogP contribution in [0.3, 0.4) is 0 Å². The molecule has 204 valence electrons. The van der Waals surface area contributed by atoms with E-state index in [1.54, 1.807) is 6.26 Å². The highest BCUT2D eigenvalue weighted by atomic mass is 32.1. The Bertz CT molecular complexity index is 1210. The smallest absolute Gasteiger partial charge is 0.307 e. The van der Waals surface area contributed by atoms with Crippen molar-refractivity contribution in [3.8, 4) is 17.0 Å². The van der Waals surface area contributed by atoms with Crippen LogP contribution in [-0.4, -0.2) is 47.0 Å². The fraction of sp³-hybridized carbons (Fsp3) is 0.414. The number of fused-ring (bicyclic) bond motifs is 1. The molecular weight excluding hydrogens is 520 g/mol. The number of hydrogen-bond acceptors (Lipinski definition) is 8. The highest BCUT2D eigenvalue weighted by Gasteiger charge is 2.46. The SMILES string of the molecule is CC(C)(C)OC(=O)CC1(C(=O)NCc2nc(-c3ccccc3OCCO)cs2)Cc2ccccc2C1.CS. The number of amides is 1. The molecule has 0 aliphatic heterocycles. The second kappa shape index (κ2) is 13.3. The number of esters is 1. The third-order valence-electron chi connectivity index (χ3n) is 6.02. The van der Waals surface area contributed by atoms with E-state index >= 15 is 0 Å². The Morgan fingerprint density at radius 1 is 1.08 bits per heavy atom. The quantitative estimate of drug-likeness (QED) is 0.257. The lowest BCUT2D eigenvalue weighted by atomic mass is 9.80. The maximum Gasteiger partial charge on any atom is 0.307 e. The van der Waals surface area contributed by atoms with E-state index in [1.165, 1.54) is 11.3 Å². The summed E-state index contributed by atoms with van der Waals surface area (Å²) in [5, 5.41) is 14.8. The van der Waals surface area contributed by atoms with Gasteiger partial charge in [-0.3, -0.25) is 9.59 Å². The van der Waals surface area contributed by atoms with E-state index < -0.39 is 11.0 Å². The number of ether oxygens (including phenoxy) is 2. The molecule has 9 heteroatoms. The monoisotopic (exact) mass is 556 g/mol. The van der Waals surface area contributed by atoms with Gasteiger partial charge in [-0.2, -0.15) is 12.6 Å². The first-order valence-corrected chi connectivity index (χ1v) is 14.3. The predicted octanol–water partition coefficient (Wildman–Crippen LogP) is 4.86. The molecule has 7 nitrogen and oxygen atoms in total. The largest absolute Gasteiger partial charge is 0.490 e. The van der Waals surface area contributed by atoms with Crippen molar-refractivity contribution in [2.75, 3.05) is 19.5 Å². The molecule has 4 rings (SSSR count). The maximum absolute atomic E-state index is 13.6. The van der Waals surface area contributed by atoms with Crippen LogP contribution in [0, 0.1) is 5.41 Å². The number of rotatable bonds is 9. The molecule has 0 bridgehead atoms. The highest BCUT2D eigenvalue weighted by Crippen LogP contribution is 2.41. The first kappa shape index (κ1) is 29.7. The van der Waals surface area contributed by atoms with Gasteiger partial charge in [0.2, 0.25) is 5.91 Å². The van der Waals surface area contributed by atoms with Crippen molar-refractivity contribution in [2.24, 2.45) is 5.41 Å². The van der Waals surface area contributed by atoms with E-state index in [0.29, 0.717) is 18.6 Å². The summed E-state index contributed by atoms with van der Waals surface area (Å²) in [4.78, 5) is 31.0. The number of aliphatic hydroxyl groups excluding tert-OH is 1. The third kappa shape index (κ3) is 7.58. The Hall–Kier alpha value is -2.88. The van der Waals surface area contributed by atoms with Crippen molar-refractivity contribution in [1.82, 2.24) is 10.3 Å². The van der Waals surface area contributed by atoms with E-state index in [2.05, 4.69) is 22.9 Å². The molecule has 2 N–H and O–H groups in total. The molecule has 3 aromatic rings. The number of hydrogen-bond donors (Lipinski definition) is 3. The number of benzene rings is 2. The Labute approximate surface area is 234 Å². The summed E-state index contributed by atoms with van der Waals surface area (Å²) in [6.45, 7) is 5.87. The van der Waals surface area contributed by atoms with Crippen molar-refractivity contribution in [2.45, 2.75) is 52.2 Å². The van der Waals surface area contributed by atoms with Crippen LogP contribution >= 0.6 is 24.0 Å². The van der Waals surface area contributed by atoms with Gasteiger partial charge >= 0.3 is 5.97 Å². The summed E-state index contributed by atoms with van der Waals surface area (Å²) in [5.74, 6) is 0.0990. The molecule has 2 aromatic carbocycles. The summed E-state index contributed by atoms with van der Waals surface area (Å²) < 4.78 is 11.2. The van der Waals surface area contributed by atoms with Crippen LogP contribution in [-0.2, 0) is 33.7 Å². The number of para-hydroxylation sites is 1. The van der Waals surface area contributed by atoms with Gasteiger partial charge in [0.05, 0.1) is 30.7 Å². The lowest BCUT2D eigenvalue weighted by Crippen LogP contribution is -2.44. The number of nitrogens with one attached hydrogen (secondary N) is 1. The van der Waals surface area contributed by atoms with Crippen LogP contribution in [0.15, 0.2) is 53.9 Å². The summed E-state index contributed by atoms with van der Waals surface area (Å²) >= 11 is 4.97. The highest BCUT2D eigenvalue weighted by molar-refractivity contribution is 7.79. The summed E-state index contributed by atoms with van der Waals surface area (Å²) in [7, 11) is 0. The second-order valence-corrected chi connectivity index (χ2v) is 11.0. The second-order valence-electron chi connectivity index (χ2n) is 10.0. The first-order chi connectivity index (χ1) is 18.2. The molecule has 0 fully saturated rings. The van der Waals surface area contributed by atoms with Crippen molar-refractivity contribution in [3.05, 3.63) is 70.0 Å². The molecule has 1 aromatic heterocycles. The van der Waals surface area contributed by atoms with Crippen molar-refractivity contribution in [3.63, 3.8) is 0 Å². The average molecular weight is 557 g/mol. The maximum atomic E-state index is 13.6. The van der Waals surface area contributed by atoms with Crippen LogP contribution in [0.2, 0.25) is 0 Å². The lowest BCUT2D eigenvalue weighted by molar-refractivity contribution is -0.160.